The molecule has 1 aliphatic rings. The number of carbonyl (C=O) groups excluding carboxylic acids is 1. The molecule has 1 amide bonds. The Morgan fingerprint density at radius 3 is 2.60 bits per heavy atom. The molecule has 0 spiro atoms. The molecule has 2 aromatic rings. The third-order valence-electron chi connectivity index (χ3n) is 3.66. The molecule has 0 saturated carbocycles. The van der Waals surface area contributed by atoms with Gasteiger partial charge < -0.3 is 4.90 Å². The molecule has 5 heteroatoms. The van der Waals surface area contributed by atoms with Crippen molar-refractivity contribution in [3.05, 3.63) is 52.8 Å². The lowest BCUT2D eigenvalue weighted by Gasteiger charge is -2.28. The van der Waals surface area contributed by atoms with Crippen LogP contribution in [-0.4, -0.2) is 27.1 Å². The lowest BCUT2D eigenvalue weighted by Crippen LogP contribution is -2.36. The maximum Gasteiger partial charge on any atom is 0.257 e. The van der Waals surface area contributed by atoms with Crippen LogP contribution in [0.4, 0.5) is 0 Å². The van der Waals surface area contributed by atoms with Gasteiger partial charge in [-0.05, 0) is 24.5 Å². The molecule has 0 radical (unpaired) electrons. The van der Waals surface area contributed by atoms with Gasteiger partial charge in [-0.2, -0.15) is 5.10 Å². The Bertz CT molecular complexity index is 636. The molecule has 0 N–H and O–H groups in total. The Kier molecular flexibility index (Phi) is 4.14. The number of hydrogen-bond acceptors (Lipinski definition) is 2. The number of benzene rings is 1. The van der Waals surface area contributed by atoms with Crippen LogP contribution in [0.2, 0.25) is 0 Å². The summed E-state index contributed by atoms with van der Waals surface area (Å²) in [5.41, 5.74) is 4.12. The molecule has 0 aliphatic carbocycles. The van der Waals surface area contributed by atoms with Gasteiger partial charge in [-0.25, -0.2) is 0 Å². The first kappa shape index (κ1) is 14.6. The number of aryl methyl sites for hydroxylation is 2. The van der Waals surface area contributed by atoms with Crippen molar-refractivity contribution in [2.75, 3.05) is 6.54 Å². The molecule has 20 heavy (non-hydrogen) atoms. The van der Waals surface area contributed by atoms with Crippen LogP contribution in [0.1, 0.15) is 27.2 Å². The highest BCUT2D eigenvalue weighted by Crippen LogP contribution is 2.20. The van der Waals surface area contributed by atoms with Crippen LogP contribution in [0.25, 0.3) is 0 Å². The van der Waals surface area contributed by atoms with Crippen molar-refractivity contribution >= 4 is 18.3 Å². The summed E-state index contributed by atoms with van der Waals surface area (Å²) in [6.07, 6.45) is 2.74. The van der Waals surface area contributed by atoms with Crippen molar-refractivity contribution in [2.24, 2.45) is 7.05 Å². The van der Waals surface area contributed by atoms with Gasteiger partial charge in [0.25, 0.3) is 5.91 Å². The molecule has 1 aliphatic heterocycles. The number of aromatic nitrogens is 2. The normalized spacial score (nSPS) is 13.6. The fourth-order valence-electron chi connectivity index (χ4n) is 2.65. The summed E-state index contributed by atoms with van der Waals surface area (Å²) in [5, 5.41) is 4.24. The van der Waals surface area contributed by atoms with Gasteiger partial charge in [0.05, 0.1) is 11.3 Å². The van der Waals surface area contributed by atoms with Gasteiger partial charge in [0, 0.05) is 26.3 Å². The Morgan fingerprint density at radius 2 is 1.95 bits per heavy atom. The SMILES string of the molecule is Cc1nn(C)cc1C(=O)N1CCc2ccccc2C1.Cl. The second-order valence-corrected chi connectivity index (χ2v) is 5.05. The Labute approximate surface area is 124 Å². The molecule has 3 rings (SSSR count). The minimum absolute atomic E-state index is 0. The van der Waals surface area contributed by atoms with Gasteiger partial charge >= 0.3 is 0 Å². The van der Waals surface area contributed by atoms with Gasteiger partial charge in [0.1, 0.15) is 0 Å². The Hall–Kier alpha value is -1.81. The minimum atomic E-state index is 0. The van der Waals surface area contributed by atoms with E-state index in [2.05, 4.69) is 23.3 Å². The molecule has 0 saturated heterocycles. The van der Waals surface area contributed by atoms with Crippen LogP contribution in [-0.2, 0) is 20.0 Å². The largest absolute Gasteiger partial charge is 0.334 e. The van der Waals surface area contributed by atoms with E-state index in [9.17, 15) is 4.79 Å². The average molecular weight is 292 g/mol. The number of carbonyl (C=O) groups is 1. The number of amides is 1. The first-order valence-corrected chi connectivity index (χ1v) is 6.51. The summed E-state index contributed by atoms with van der Waals surface area (Å²) >= 11 is 0. The zero-order chi connectivity index (χ0) is 13.4. The second kappa shape index (κ2) is 5.67. The zero-order valence-electron chi connectivity index (χ0n) is 11.7. The number of hydrogen-bond donors (Lipinski definition) is 0. The molecule has 0 atom stereocenters. The molecule has 0 unspecified atom stereocenters. The maximum atomic E-state index is 12.5. The van der Waals surface area contributed by atoms with Gasteiger partial charge in [-0.3, -0.25) is 9.48 Å². The standard InChI is InChI=1S/C15H17N3O.ClH/c1-11-14(10-17(2)16-11)15(19)18-8-7-12-5-3-4-6-13(12)9-18;/h3-6,10H,7-9H2,1-2H3;1H. The summed E-state index contributed by atoms with van der Waals surface area (Å²) in [6.45, 7) is 3.36. The lowest BCUT2D eigenvalue weighted by atomic mass is 9.99. The highest BCUT2D eigenvalue weighted by atomic mass is 35.5. The number of nitrogens with zero attached hydrogens (tertiary/aromatic N) is 3. The molecular weight excluding hydrogens is 274 g/mol. The van der Waals surface area contributed by atoms with Crippen molar-refractivity contribution < 1.29 is 4.79 Å². The van der Waals surface area contributed by atoms with E-state index in [1.165, 1.54) is 11.1 Å². The van der Waals surface area contributed by atoms with Crippen molar-refractivity contribution in [2.45, 2.75) is 19.9 Å². The predicted molar refractivity (Wildman–Crippen MR) is 80.1 cm³/mol. The van der Waals surface area contributed by atoms with Crippen molar-refractivity contribution in [1.29, 1.82) is 0 Å². The molecular formula is C15H18ClN3O. The van der Waals surface area contributed by atoms with Crippen molar-refractivity contribution in [1.82, 2.24) is 14.7 Å². The molecule has 1 aromatic heterocycles. The fourth-order valence-corrected chi connectivity index (χ4v) is 2.65. The zero-order valence-corrected chi connectivity index (χ0v) is 12.5. The van der Waals surface area contributed by atoms with E-state index in [-0.39, 0.29) is 18.3 Å². The third-order valence-corrected chi connectivity index (χ3v) is 3.66. The second-order valence-electron chi connectivity index (χ2n) is 5.05. The van der Waals surface area contributed by atoms with Gasteiger partial charge in [0.2, 0.25) is 0 Å². The highest BCUT2D eigenvalue weighted by molar-refractivity contribution is 5.95. The van der Waals surface area contributed by atoms with E-state index >= 15 is 0 Å². The lowest BCUT2D eigenvalue weighted by molar-refractivity contribution is 0.0734. The van der Waals surface area contributed by atoms with Crippen LogP contribution >= 0.6 is 12.4 Å². The van der Waals surface area contributed by atoms with Crippen molar-refractivity contribution in [3.8, 4) is 0 Å². The molecule has 4 nitrogen and oxygen atoms in total. The van der Waals surface area contributed by atoms with Gasteiger partial charge in [-0.1, -0.05) is 24.3 Å². The number of rotatable bonds is 1. The van der Waals surface area contributed by atoms with Crippen LogP contribution in [0.5, 0.6) is 0 Å². The molecule has 106 valence electrons. The highest BCUT2D eigenvalue weighted by Gasteiger charge is 2.23. The Morgan fingerprint density at radius 1 is 1.25 bits per heavy atom. The van der Waals surface area contributed by atoms with E-state index in [4.69, 9.17) is 0 Å². The quantitative estimate of drug-likeness (QED) is 0.809. The summed E-state index contributed by atoms with van der Waals surface area (Å²) < 4.78 is 1.69. The number of fused-ring (bicyclic) bond motifs is 1. The smallest absolute Gasteiger partial charge is 0.257 e. The average Bonchev–Trinajstić information content (AvgIpc) is 2.76. The maximum absolute atomic E-state index is 12.5. The van der Waals surface area contributed by atoms with E-state index in [0.29, 0.717) is 12.1 Å². The fraction of sp³-hybridized carbons (Fsp3) is 0.333. The van der Waals surface area contributed by atoms with Crippen molar-refractivity contribution in [3.63, 3.8) is 0 Å². The first-order valence-electron chi connectivity index (χ1n) is 6.51. The number of halogens is 1. The van der Waals surface area contributed by atoms with E-state index < -0.39 is 0 Å². The van der Waals surface area contributed by atoms with Crippen LogP contribution in [0, 0.1) is 6.92 Å². The molecule has 2 heterocycles. The minimum Gasteiger partial charge on any atom is -0.334 e. The van der Waals surface area contributed by atoms with E-state index in [1.54, 1.807) is 10.9 Å². The Balaban J connectivity index is 0.00000147. The predicted octanol–water partition coefficient (Wildman–Crippen LogP) is 2.35. The van der Waals surface area contributed by atoms with E-state index in [1.807, 2.05) is 24.9 Å². The summed E-state index contributed by atoms with van der Waals surface area (Å²) in [7, 11) is 1.84. The van der Waals surface area contributed by atoms with Crippen LogP contribution in [0.3, 0.4) is 0 Å². The van der Waals surface area contributed by atoms with Gasteiger partial charge in [0.15, 0.2) is 0 Å². The van der Waals surface area contributed by atoms with Crippen LogP contribution < -0.4 is 0 Å². The summed E-state index contributed by atoms with van der Waals surface area (Å²) in [6, 6.07) is 8.33. The topological polar surface area (TPSA) is 38.1 Å². The summed E-state index contributed by atoms with van der Waals surface area (Å²) in [4.78, 5) is 14.4. The molecule has 1 aromatic carbocycles. The summed E-state index contributed by atoms with van der Waals surface area (Å²) in [5.74, 6) is 0.0834. The molecule has 0 fully saturated rings. The van der Waals surface area contributed by atoms with Gasteiger partial charge in [-0.15, -0.1) is 12.4 Å². The van der Waals surface area contributed by atoms with E-state index in [0.717, 1.165) is 18.7 Å². The third kappa shape index (κ3) is 2.56. The van der Waals surface area contributed by atoms with Crippen LogP contribution in [0.15, 0.2) is 30.5 Å². The monoisotopic (exact) mass is 291 g/mol. The first-order chi connectivity index (χ1) is 9.15. The molecule has 0 bridgehead atoms.